The number of aromatic nitrogens is 2. The Hall–Kier alpha value is -2.14. The topological polar surface area (TPSA) is 64.9 Å². The van der Waals surface area contributed by atoms with E-state index in [0.717, 1.165) is 16.8 Å². The van der Waals surface area contributed by atoms with E-state index < -0.39 is 0 Å². The maximum Gasteiger partial charge on any atom is 0.258 e. The Labute approximate surface area is 114 Å². The van der Waals surface area contributed by atoms with Crippen LogP contribution < -0.4 is 5.73 Å². The Balaban J connectivity index is 1.88. The maximum absolute atomic E-state index is 5.74. The maximum atomic E-state index is 5.74. The highest BCUT2D eigenvalue weighted by Crippen LogP contribution is 2.24. The van der Waals surface area contributed by atoms with E-state index in [-0.39, 0.29) is 0 Å². The molecule has 0 amide bonds. The molecule has 1 aromatic carbocycles. The van der Waals surface area contributed by atoms with Crippen LogP contribution in [0, 0.1) is 6.92 Å². The molecule has 2 heterocycles. The van der Waals surface area contributed by atoms with Crippen molar-refractivity contribution < 1.29 is 4.52 Å². The highest BCUT2D eigenvalue weighted by Gasteiger charge is 2.11. The van der Waals surface area contributed by atoms with Gasteiger partial charge in [0.05, 0.1) is 0 Å². The van der Waals surface area contributed by atoms with Crippen molar-refractivity contribution in [1.29, 1.82) is 0 Å². The third-order valence-corrected chi connectivity index (χ3v) is 3.74. The van der Waals surface area contributed by atoms with Crippen molar-refractivity contribution in [2.75, 3.05) is 5.73 Å². The van der Waals surface area contributed by atoms with Crippen LogP contribution in [-0.2, 0) is 6.42 Å². The lowest BCUT2D eigenvalue weighted by molar-refractivity contribution is 0.424. The lowest BCUT2D eigenvalue weighted by Crippen LogP contribution is -1.90. The predicted octanol–water partition coefficient (Wildman–Crippen LogP) is 3.28. The van der Waals surface area contributed by atoms with Crippen molar-refractivity contribution in [2.24, 2.45) is 0 Å². The van der Waals surface area contributed by atoms with Gasteiger partial charge in [0.1, 0.15) is 0 Å². The molecule has 2 N–H and O–H groups in total. The summed E-state index contributed by atoms with van der Waals surface area (Å²) in [5.74, 6) is 1.25. The molecule has 0 aliphatic rings. The van der Waals surface area contributed by atoms with E-state index in [1.54, 1.807) is 11.3 Å². The molecular formula is C14H13N3OS. The lowest BCUT2D eigenvalue weighted by atomic mass is 10.1. The Morgan fingerprint density at radius 2 is 2.21 bits per heavy atom. The zero-order chi connectivity index (χ0) is 13.2. The van der Waals surface area contributed by atoms with Crippen molar-refractivity contribution in [3.05, 3.63) is 52.0 Å². The molecule has 19 heavy (non-hydrogen) atoms. The van der Waals surface area contributed by atoms with E-state index in [2.05, 4.69) is 16.2 Å². The van der Waals surface area contributed by atoms with Gasteiger partial charge in [0.2, 0.25) is 0 Å². The fourth-order valence-electron chi connectivity index (χ4n) is 1.93. The highest BCUT2D eigenvalue weighted by molar-refractivity contribution is 7.09. The number of rotatable bonds is 3. The average Bonchev–Trinajstić information content (AvgIpc) is 3.01. The monoisotopic (exact) mass is 271 g/mol. The number of hydrogen-bond donors (Lipinski definition) is 1. The minimum Gasteiger partial charge on any atom is -0.399 e. The number of aryl methyl sites for hydroxylation is 1. The summed E-state index contributed by atoms with van der Waals surface area (Å²) in [6.07, 6.45) is 0.704. The van der Waals surface area contributed by atoms with Gasteiger partial charge in [0.25, 0.3) is 5.89 Å². The minimum atomic E-state index is 0.545. The molecule has 3 aromatic rings. The first-order chi connectivity index (χ1) is 9.22. The van der Waals surface area contributed by atoms with Crippen molar-refractivity contribution in [2.45, 2.75) is 13.3 Å². The van der Waals surface area contributed by atoms with Gasteiger partial charge in [-0.05, 0) is 42.1 Å². The van der Waals surface area contributed by atoms with E-state index in [4.69, 9.17) is 10.3 Å². The van der Waals surface area contributed by atoms with Gasteiger partial charge in [-0.15, -0.1) is 11.3 Å². The molecule has 0 aliphatic heterocycles. The summed E-state index contributed by atoms with van der Waals surface area (Å²) in [4.78, 5) is 5.66. The second kappa shape index (κ2) is 4.85. The zero-order valence-electron chi connectivity index (χ0n) is 10.5. The second-order valence-electron chi connectivity index (χ2n) is 4.35. The van der Waals surface area contributed by atoms with Crippen molar-refractivity contribution in [3.63, 3.8) is 0 Å². The smallest absolute Gasteiger partial charge is 0.258 e. The molecule has 4 nitrogen and oxygen atoms in total. The minimum absolute atomic E-state index is 0.545. The molecule has 0 radical (unpaired) electrons. The van der Waals surface area contributed by atoms with Crippen LogP contribution in [0.2, 0.25) is 0 Å². The third-order valence-electron chi connectivity index (χ3n) is 2.86. The van der Waals surface area contributed by atoms with Crippen LogP contribution in [-0.4, -0.2) is 10.1 Å². The van der Waals surface area contributed by atoms with E-state index in [1.165, 1.54) is 4.88 Å². The van der Waals surface area contributed by atoms with Gasteiger partial charge in [-0.2, -0.15) is 4.98 Å². The van der Waals surface area contributed by atoms with E-state index in [1.807, 2.05) is 36.6 Å². The number of nitrogen functional groups attached to an aromatic ring is 1. The van der Waals surface area contributed by atoms with Crippen LogP contribution in [0.5, 0.6) is 0 Å². The van der Waals surface area contributed by atoms with E-state index in [0.29, 0.717) is 18.1 Å². The molecule has 0 bridgehead atoms. The van der Waals surface area contributed by atoms with Crippen LogP contribution in [0.4, 0.5) is 5.69 Å². The Bertz CT molecular complexity index is 689. The van der Waals surface area contributed by atoms with Gasteiger partial charge in [-0.25, -0.2) is 0 Å². The standard InChI is InChI=1S/C14H13N3OS/c1-9-7-10(15)4-5-12(9)14-16-13(17-18-14)8-11-3-2-6-19-11/h2-7H,8,15H2,1H3. The molecule has 0 aliphatic carbocycles. The summed E-state index contributed by atoms with van der Waals surface area (Å²) in [6.45, 7) is 1.98. The first kappa shape index (κ1) is 11.9. The lowest BCUT2D eigenvalue weighted by Gasteiger charge is -2.01. The SMILES string of the molecule is Cc1cc(N)ccc1-c1nc(Cc2cccs2)no1. The molecule has 5 heteroatoms. The van der Waals surface area contributed by atoms with Gasteiger partial charge < -0.3 is 10.3 Å². The first-order valence-corrected chi connectivity index (χ1v) is 6.82. The molecule has 96 valence electrons. The summed E-state index contributed by atoms with van der Waals surface area (Å²) < 4.78 is 5.32. The molecule has 0 atom stereocenters. The molecule has 3 rings (SSSR count). The van der Waals surface area contributed by atoms with Crippen LogP contribution in [0.1, 0.15) is 16.3 Å². The summed E-state index contributed by atoms with van der Waals surface area (Å²) in [6, 6.07) is 9.73. The summed E-state index contributed by atoms with van der Waals surface area (Å²) in [5, 5.41) is 6.06. The predicted molar refractivity (Wildman–Crippen MR) is 76.0 cm³/mol. The number of anilines is 1. The van der Waals surface area contributed by atoms with Crippen molar-refractivity contribution in [1.82, 2.24) is 10.1 Å². The fourth-order valence-corrected chi connectivity index (χ4v) is 2.63. The number of nitrogens with two attached hydrogens (primary N) is 1. The van der Waals surface area contributed by atoms with Gasteiger partial charge in [0.15, 0.2) is 5.82 Å². The summed E-state index contributed by atoms with van der Waals surface area (Å²) in [5.41, 5.74) is 8.43. The normalized spacial score (nSPS) is 10.8. The first-order valence-electron chi connectivity index (χ1n) is 5.94. The molecular weight excluding hydrogens is 258 g/mol. The Morgan fingerprint density at radius 1 is 1.32 bits per heavy atom. The van der Waals surface area contributed by atoms with Gasteiger partial charge >= 0.3 is 0 Å². The van der Waals surface area contributed by atoms with Gasteiger partial charge in [0, 0.05) is 22.5 Å². The van der Waals surface area contributed by atoms with Crippen LogP contribution >= 0.6 is 11.3 Å². The molecule has 0 unspecified atom stereocenters. The number of benzene rings is 1. The Kier molecular flexibility index (Phi) is 3.05. The summed E-state index contributed by atoms with van der Waals surface area (Å²) >= 11 is 1.69. The van der Waals surface area contributed by atoms with Gasteiger partial charge in [-0.1, -0.05) is 11.2 Å². The second-order valence-corrected chi connectivity index (χ2v) is 5.38. The van der Waals surface area contributed by atoms with E-state index in [9.17, 15) is 0 Å². The largest absolute Gasteiger partial charge is 0.399 e. The third kappa shape index (κ3) is 2.51. The Morgan fingerprint density at radius 3 is 2.95 bits per heavy atom. The molecule has 2 aromatic heterocycles. The number of nitrogens with zero attached hydrogens (tertiary/aromatic N) is 2. The summed E-state index contributed by atoms with van der Waals surface area (Å²) in [7, 11) is 0. The zero-order valence-corrected chi connectivity index (χ0v) is 11.3. The van der Waals surface area contributed by atoms with Crippen LogP contribution in [0.3, 0.4) is 0 Å². The fraction of sp³-hybridized carbons (Fsp3) is 0.143. The molecule has 0 saturated heterocycles. The van der Waals surface area contributed by atoms with Gasteiger partial charge in [-0.3, -0.25) is 0 Å². The highest BCUT2D eigenvalue weighted by atomic mass is 32.1. The van der Waals surface area contributed by atoms with Crippen molar-refractivity contribution >= 4 is 17.0 Å². The van der Waals surface area contributed by atoms with Crippen molar-refractivity contribution in [3.8, 4) is 11.5 Å². The number of hydrogen-bond acceptors (Lipinski definition) is 5. The molecule has 0 saturated carbocycles. The number of thiophene rings is 1. The molecule has 0 fully saturated rings. The molecule has 0 spiro atoms. The van der Waals surface area contributed by atoms with Crippen LogP contribution in [0.25, 0.3) is 11.5 Å². The quantitative estimate of drug-likeness (QED) is 0.742. The van der Waals surface area contributed by atoms with E-state index >= 15 is 0 Å². The van der Waals surface area contributed by atoms with Crippen LogP contribution in [0.15, 0.2) is 40.2 Å². The average molecular weight is 271 g/mol.